The van der Waals surface area contributed by atoms with Gasteiger partial charge in [0, 0.05) is 29.9 Å². The first-order valence-corrected chi connectivity index (χ1v) is 7.20. The van der Waals surface area contributed by atoms with E-state index in [4.69, 9.17) is 4.74 Å². The van der Waals surface area contributed by atoms with Gasteiger partial charge < -0.3 is 9.64 Å². The highest BCUT2D eigenvalue weighted by Gasteiger charge is 2.13. The number of amides is 1. The predicted octanol–water partition coefficient (Wildman–Crippen LogP) is 3.28. The van der Waals surface area contributed by atoms with Gasteiger partial charge in [0.25, 0.3) is 0 Å². The largest absolute Gasteiger partial charge is 0.382 e. The number of methoxy groups -OCH3 is 1. The first-order valence-electron chi connectivity index (χ1n) is 5.53. The molecule has 3 nitrogen and oxygen atoms in total. The molecular weight excluding hydrogens is 302 g/mol. The molecule has 0 spiro atoms. The molecule has 1 atom stereocenters. The smallest absolute Gasteiger partial charge is 0.222 e. The van der Waals surface area contributed by atoms with Crippen LogP contribution in [0.4, 0.5) is 0 Å². The van der Waals surface area contributed by atoms with Gasteiger partial charge in [-0.1, -0.05) is 0 Å². The molecule has 1 heterocycles. The summed E-state index contributed by atoms with van der Waals surface area (Å²) in [6.45, 7) is 2.64. The number of halogens is 1. The molecule has 0 aliphatic carbocycles. The van der Waals surface area contributed by atoms with E-state index < -0.39 is 0 Å². The van der Waals surface area contributed by atoms with E-state index in [1.54, 1.807) is 23.3 Å². The molecule has 0 saturated heterocycles. The topological polar surface area (TPSA) is 29.5 Å². The number of hydrogen-bond donors (Lipinski definition) is 0. The van der Waals surface area contributed by atoms with Crippen LogP contribution in [0.1, 0.15) is 24.6 Å². The number of thiophene rings is 1. The molecule has 1 amide bonds. The summed E-state index contributed by atoms with van der Waals surface area (Å²) in [7, 11) is 3.51. The van der Waals surface area contributed by atoms with E-state index in [0.717, 1.165) is 10.9 Å². The van der Waals surface area contributed by atoms with Gasteiger partial charge in [-0.15, -0.1) is 11.3 Å². The minimum atomic E-state index is 0.140. The summed E-state index contributed by atoms with van der Waals surface area (Å²) in [6, 6.07) is 2.01. The van der Waals surface area contributed by atoms with Crippen molar-refractivity contribution in [2.45, 2.75) is 32.4 Å². The Kier molecular flexibility index (Phi) is 6.16. The summed E-state index contributed by atoms with van der Waals surface area (Å²) in [5.41, 5.74) is 0. The summed E-state index contributed by atoms with van der Waals surface area (Å²) in [6.07, 6.45) is 1.44. The van der Waals surface area contributed by atoms with Gasteiger partial charge in [-0.2, -0.15) is 0 Å². The fourth-order valence-electron chi connectivity index (χ4n) is 1.38. The van der Waals surface area contributed by atoms with Gasteiger partial charge in [-0.3, -0.25) is 4.79 Å². The van der Waals surface area contributed by atoms with Gasteiger partial charge >= 0.3 is 0 Å². The van der Waals surface area contributed by atoms with E-state index in [0.29, 0.717) is 13.0 Å². The molecule has 0 aliphatic rings. The highest BCUT2D eigenvalue weighted by atomic mass is 79.9. The minimum Gasteiger partial charge on any atom is -0.382 e. The number of carbonyl (C=O) groups excluding carboxylic acids is 1. The molecule has 1 rings (SSSR count). The Hall–Kier alpha value is -0.390. The maximum absolute atomic E-state index is 11.9. The summed E-state index contributed by atoms with van der Waals surface area (Å²) < 4.78 is 6.21. The number of rotatable bonds is 6. The fraction of sp³-hybridized carbons (Fsp3) is 0.583. The van der Waals surface area contributed by atoms with Crippen molar-refractivity contribution >= 4 is 33.2 Å². The van der Waals surface area contributed by atoms with Crippen LogP contribution in [0.5, 0.6) is 0 Å². The number of carbonyl (C=O) groups is 1. The minimum absolute atomic E-state index is 0.140. The van der Waals surface area contributed by atoms with E-state index in [-0.39, 0.29) is 12.0 Å². The molecule has 1 aromatic heterocycles. The maximum Gasteiger partial charge on any atom is 0.222 e. The van der Waals surface area contributed by atoms with Crippen LogP contribution in [-0.2, 0) is 16.1 Å². The molecule has 0 aromatic carbocycles. The van der Waals surface area contributed by atoms with E-state index >= 15 is 0 Å². The monoisotopic (exact) mass is 319 g/mol. The summed E-state index contributed by atoms with van der Waals surface area (Å²) >= 11 is 5.13. The molecule has 5 heteroatoms. The molecule has 1 aromatic rings. The van der Waals surface area contributed by atoms with Crippen LogP contribution in [0.2, 0.25) is 0 Å². The van der Waals surface area contributed by atoms with Crippen molar-refractivity contribution in [2.24, 2.45) is 0 Å². The van der Waals surface area contributed by atoms with E-state index in [2.05, 4.69) is 15.9 Å². The highest BCUT2D eigenvalue weighted by Crippen LogP contribution is 2.24. The lowest BCUT2D eigenvalue weighted by Gasteiger charge is -2.17. The summed E-state index contributed by atoms with van der Waals surface area (Å²) in [5, 5.41) is 2.02. The molecule has 0 fully saturated rings. The van der Waals surface area contributed by atoms with Crippen LogP contribution in [0.25, 0.3) is 0 Å². The Balaban J connectivity index is 2.40. The first kappa shape index (κ1) is 14.7. The number of hydrogen-bond acceptors (Lipinski definition) is 3. The van der Waals surface area contributed by atoms with Crippen molar-refractivity contribution in [1.29, 1.82) is 0 Å². The van der Waals surface area contributed by atoms with Crippen molar-refractivity contribution in [1.82, 2.24) is 4.90 Å². The van der Waals surface area contributed by atoms with Gasteiger partial charge in [0.15, 0.2) is 0 Å². The lowest BCUT2D eigenvalue weighted by Crippen LogP contribution is -2.26. The second-order valence-electron chi connectivity index (χ2n) is 4.03. The molecule has 17 heavy (non-hydrogen) atoms. The molecule has 0 aliphatic heterocycles. The number of ether oxygens (including phenoxy) is 1. The molecule has 0 radical (unpaired) electrons. The lowest BCUT2D eigenvalue weighted by atomic mass is 10.2. The van der Waals surface area contributed by atoms with Crippen molar-refractivity contribution < 1.29 is 9.53 Å². The average Bonchev–Trinajstić information content (AvgIpc) is 2.71. The molecular formula is C12H18BrNO2S. The SMILES string of the molecule is COC(C)CCC(=O)N(C)Cc1sccc1Br. The third-order valence-electron chi connectivity index (χ3n) is 2.66. The maximum atomic E-state index is 11.9. The van der Waals surface area contributed by atoms with E-state index in [1.807, 2.05) is 25.4 Å². The van der Waals surface area contributed by atoms with E-state index in [1.165, 1.54) is 4.88 Å². The second kappa shape index (κ2) is 7.13. The van der Waals surface area contributed by atoms with Gasteiger partial charge in [0.1, 0.15) is 0 Å². The average molecular weight is 320 g/mol. The molecule has 0 N–H and O–H groups in total. The highest BCUT2D eigenvalue weighted by molar-refractivity contribution is 9.10. The predicted molar refractivity (Wildman–Crippen MR) is 74.2 cm³/mol. The Morgan fingerprint density at radius 2 is 2.35 bits per heavy atom. The third-order valence-corrected chi connectivity index (χ3v) is 4.58. The van der Waals surface area contributed by atoms with Crippen LogP contribution >= 0.6 is 27.3 Å². The standard InChI is InChI=1S/C12H18BrNO2S/c1-9(16-3)4-5-12(15)14(2)8-11-10(13)6-7-17-11/h6-7,9H,4-5,8H2,1-3H3. The van der Waals surface area contributed by atoms with Crippen LogP contribution in [0.15, 0.2) is 15.9 Å². The number of nitrogens with zero attached hydrogens (tertiary/aromatic N) is 1. The molecule has 0 saturated carbocycles. The zero-order valence-electron chi connectivity index (χ0n) is 10.4. The Morgan fingerprint density at radius 3 is 2.88 bits per heavy atom. The van der Waals surface area contributed by atoms with Crippen molar-refractivity contribution in [3.63, 3.8) is 0 Å². The van der Waals surface area contributed by atoms with Crippen LogP contribution < -0.4 is 0 Å². The normalized spacial score (nSPS) is 12.5. The quantitative estimate of drug-likeness (QED) is 0.805. The van der Waals surface area contributed by atoms with Gasteiger partial charge in [0.2, 0.25) is 5.91 Å². The van der Waals surface area contributed by atoms with Crippen LogP contribution in [-0.4, -0.2) is 31.1 Å². The van der Waals surface area contributed by atoms with Gasteiger partial charge in [-0.05, 0) is 40.7 Å². The van der Waals surface area contributed by atoms with Crippen LogP contribution in [0.3, 0.4) is 0 Å². The second-order valence-corrected chi connectivity index (χ2v) is 5.88. The van der Waals surface area contributed by atoms with Crippen molar-refractivity contribution in [2.75, 3.05) is 14.2 Å². The van der Waals surface area contributed by atoms with Crippen LogP contribution in [0, 0.1) is 0 Å². The first-order chi connectivity index (χ1) is 8.04. The Bertz CT molecular complexity index is 367. The Labute approximate surface area is 115 Å². The zero-order chi connectivity index (χ0) is 12.8. The zero-order valence-corrected chi connectivity index (χ0v) is 12.8. The Morgan fingerprint density at radius 1 is 1.65 bits per heavy atom. The summed E-state index contributed by atoms with van der Waals surface area (Å²) in [5.74, 6) is 0.161. The molecule has 1 unspecified atom stereocenters. The van der Waals surface area contributed by atoms with E-state index in [9.17, 15) is 4.79 Å². The molecule has 96 valence electrons. The van der Waals surface area contributed by atoms with Gasteiger partial charge in [0.05, 0.1) is 12.6 Å². The third kappa shape index (κ3) is 4.77. The summed E-state index contributed by atoms with van der Waals surface area (Å²) in [4.78, 5) is 14.8. The fourth-order valence-corrected chi connectivity index (χ4v) is 2.91. The van der Waals surface area contributed by atoms with Crippen molar-refractivity contribution in [3.8, 4) is 0 Å². The lowest BCUT2D eigenvalue weighted by molar-refractivity contribution is -0.131. The molecule has 0 bridgehead atoms. The van der Waals surface area contributed by atoms with Crippen molar-refractivity contribution in [3.05, 3.63) is 20.8 Å². The van der Waals surface area contributed by atoms with Gasteiger partial charge in [-0.25, -0.2) is 0 Å².